The fourth-order valence-corrected chi connectivity index (χ4v) is 4.29. The molecular weight excluding hydrogens is 356 g/mol. The average Bonchev–Trinajstić information content (AvgIpc) is 3.37. The van der Waals surface area contributed by atoms with E-state index in [1.807, 2.05) is 5.38 Å². The second-order valence-corrected chi connectivity index (χ2v) is 7.41. The summed E-state index contributed by atoms with van der Waals surface area (Å²) in [6, 6.07) is 0.0393. The first-order chi connectivity index (χ1) is 12.7. The maximum atomic E-state index is 12.3. The Morgan fingerprint density at radius 1 is 1.38 bits per heavy atom. The fraction of sp³-hybridized carbons (Fsp3) is 0.562. The van der Waals surface area contributed by atoms with E-state index in [9.17, 15) is 9.59 Å². The number of aromatic nitrogens is 3. The highest BCUT2D eigenvalue weighted by molar-refractivity contribution is 7.14. The van der Waals surface area contributed by atoms with Gasteiger partial charge in [0.15, 0.2) is 11.5 Å². The van der Waals surface area contributed by atoms with Gasteiger partial charge in [-0.1, -0.05) is 5.16 Å². The van der Waals surface area contributed by atoms with Crippen LogP contribution in [-0.4, -0.2) is 46.2 Å². The number of carbonyl (C=O) groups is 2. The zero-order chi connectivity index (χ0) is 17.9. The van der Waals surface area contributed by atoms with Crippen LogP contribution in [0.15, 0.2) is 16.2 Å². The molecule has 0 bridgehead atoms. The van der Waals surface area contributed by atoms with Gasteiger partial charge in [0.05, 0.1) is 12.1 Å². The van der Waals surface area contributed by atoms with Crippen molar-refractivity contribution in [2.45, 2.75) is 44.1 Å². The lowest BCUT2D eigenvalue weighted by atomic mass is 9.86. The van der Waals surface area contributed by atoms with Gasteiger partial charge in [0, 0.05) is 30.4 Å². The first kappa shape index (κ1) is 17.0. The molecule has 3 heterocycles. The summed E-state index contributed by atoms with van der Waals surface area (Å²) in [7, 11) is 0. The Morgan fingerprint density at radius 2 is 2.23 bits per heavy atom. The van der Waals surface area contributed by atoms with Crippen molar-refractivity contribution < 1.29 is 14.1 Å². The summed E-state index contributed by atoms with van der Waals surface area (Å²) in [5, 5.41) is 12.0. The molecule has 0 spiro atoms. The Morgan fingerprint density at radius 3 is 2.92 bits per heavy atom. The van der Waals surface area contributed by atoms with E-state index in [4.69, 9.17) is 4.52 Å². The molecule has 0 aromatic carbocycles. The maximum absolute atomic E-state index is 12.3. The molecule has 9 nitrogen and oxygen atoms in total. The first-order valence-corrected chi connectivity index (χ1v) is 9.62. The molecule has 1 saturated heterocycles. The van der Waals surface area contributed by atoms with Gasteiger partial charge in [0.2, 0.25) is 11.8 Å². The lowest BCUT2D eigenvalue weighted by Crippen LogP contribution is -2.38. The van der Waals surface area contributed by atoms with Crippen LogP contribution in [0.4, 0.5) is 9.93 Å². The number of carbonyl (C=O) groups excluding carboxylic acids is 2. The van der Waals surface area contributed by atoms with Crippen molar-refractivity contribution in [1.29, 1.82) is 0 Å². The SMILES string of the molecule is O=C(Cc1csc(N2CCNC2=O)n1)NC1CCC(c2ncno2)CC1. The van der Waals surface area contributed by atoms with E-state index < -0.39 is 0 Å². The fourth-order valence-electron chi connectivity index (χ4n) is 3.45. The highest BCUT2D eigenvalue weighted by Crippen LogP contribution is 2.31. The van der Waals surface area contributed by atoms with E-state index in [2.05, 4.69) is 25.8 Å². The van der Waals surface area contributed by atoms with Gasteiger partial charge in [-0.15, -0.1) is 11.3 Å². The predicted molar refractivity (Wildman–Crippen MR) is 94.0 cm³/mol. The van der Waals surface area contributed by atoms with Crippen LogP contribution < -0.4 is 15.5 Å². The van der Waals surface area contributed by atoms with E-state index >= 15 is 0 Å². The van der Waals surface area contributed by atoms with Gasteiger partial charge < -0.3 is 15.2 Å². The molecule has 0 atom stereocenters. The number of thiazole rings is 1. The van der Waals surface area contributed by atoms with E-state index in [-0.39, 0.29) is 24.4 Å². The van der Waals surface area contributed by atoms with Crippen molar-refractivity contribution >= 4 is 28.4 Å². The third-order valence-electron chi connectivity index (χ3n) is 4.79. The number of amides is 3. The first-order valence-electron chi connectivity index (χ1n) is 8.75. The minimum absolute atomic E-state index is 0.0334. The summed E-state index contributed by atoms with van der Waals surface area (Å²) in [4.78, 5) is 34.1. The van der Waals surface area contributed by atoms with Crippen molar-refractivity contribution in [3.05, 3.63) is 23.3 Å². The second kappa shape index (κ2) is 7.40. The van der Waals surface area contributed by atoms with E-state index in [0.29, 0.717) is 35.7 Å². The molecule has 0 radical (unpaired) electrons. The highest BCUT2D eigenvalue weighted by Gasteiger charge is 2.27. The monoisotopic (exact) mass is 376 g/mol. The standard InChI is InChI=1S/C16H20N6O3S/c23-13(7-12-8-26-16(21-12)22-6-5-17-15(22)24)20-11-3-1-10(2-4-11)14-18-9-19-25-14/h8-11H,1-7H2,(H,17,24)(H,20,23). The smallest absolute Gasteiger partial charge is 0.323 e. The minimum Gasteiger partial charge on any atom is -0.353 e. The van der Waals surface area contributed by atoms with Crippen molar-refractivity contribution in [2.24, 2.45) is 0 Å². The molecule has 1 saturated carbocycles. The van der Waals surface area contributed by atoms with Gasteiger partial charge in [-0.3, -0.25) is 9.69 Å². The number of hydrogen-bond acceptors (Lipinski definition) is 7. The Kier molecular flexibility index (Phi) is 4.83. The van der Waals surface area contributed by atoms with E-state index in [0.717, 1.165) is 25.7 Å². The van der Waals surface area contributed by atoms with Gasteiger partial charge in [-0.2, -0.15) is 4.98 Å². The van der Waals surface area contributed by atoms with Crippen LogP contribution in [0.2, 0.25) is 0 Å². The molecule has 3 amide bonds. The van der Waals surface area contributed by atoms with Crippen LogP contribution in [0.25, 0.3) is 0 Å². The van der Waals surface area contributed by atoms with Crippen LogP contribution in [-0.2, 0) is 11.2 Å². The van der Waals surface area contributed by atoms with Gasteiger partial charge in [-0.05, 0) is 25.7 Å². The molecule has 2 fully saturated rings. The minimum atomic E-state index is -0.131. The van der Waals surface area contributed by atoms with E-state index in [1.165, 1.54) is 17.7 Å². The van der Waals surface area contributed by atoms with Gasteiger partial charge in [0.1, 0.15) is 0 Å². The molecule has 2 N–H and O–H groups in total. The summed E-state index contributed by atoms with van der Waals surface area (Å²) in [6.45, 7) is 1.24. The average molecular weight is 376 g/mol. The number of nitrogens with one attached hydrogen (secondary N) is 2. The van der Waals surface area contributed by atoms with Crippen molar-refractivity contribution in [1.82, 2.24) is 25.8 Å². The Labute approximate surface area is 154 Å². The Bertz CT molecular complexity index is 769. The normalized spacial score (nSPS) is 23.1. The van der Waals surface area contributed by atoms with Crippen LogP contribution >= 0.6 is 11.3 Å². The highest BCUT2D eigenvalue weighted by atomic mass is 32.1. The topological polar surface area (TPSA) is 113 Å². The maximum Gasteiger partial charge on any atom is 0.323 e. The largest absolute Gasteiger partial charge is 0.353 e. The molecule has 0 unspecified atom stereocenters. The van der Waals surface area contributed by atoms with Crippen LogP contribution in [0, 0.1) is 0 Å². The van der Waals surface area contributed by atoms with Gasteiger partial charge in [0.25, 0.3) is 0 Å². The summed E-state index contributed by atoms with van der Waals surface area (Å²) in [5.74, 6) is 0.947. The lowest BCUT2D eigenvalue weighted by molar-refractivity contribution is -0.121. The summed E-state index contributed by atoms with van der Waals surface area (Å²) >= 11 is 1.39. The van der Waals surface area contributed by atoms with Crippen molar-refractivity contribution in [3.63, 3.8) is 0 Å². The number of rotatable bonds is 5. The molecule has 1 aliphatic carbocycles. The molecule has 4 rings (SSSR count). The van der Waals surface area contributed by atoms with E-state index in [1.54, 1.807) is 4.90 Å². The molecule has 1 aliphatic heterocycles. The summed E-state index contributed by atoms with van der Waals surface area (Å²) in [5.41, 5.74) is 0.696. The zero-order valence-electron chi connectivity index (χ0n) is 14.2. The Hall–Kier alpha value is -2.49. The van der Waals surface area contributed by atoms with Crippen LogP contribution in [0.3, 0.4) is 0 Å². The van der Waals surface area contributed by atoms with Gasteiger partial charge in [-0.25, -0.2) is 9.78 Å². The summed E-state index contributed by atoms with van der Waals surface area (Å²) in [6.07, 6.45) is 5.31. The molecule has 26 heavy (non-hydrogen) atoms. The molecule has 2 aromatic heterocycles. The molecule has 2 aromatic rings. The predicted octanol–water partition coefficient (Wildman–Crippen LogP) is 1.44. The number of urea groups is 1. The third kappa shape index (κ3) is 3.69. The summed E-state index contributed by atoms with van der Waals surface area (Å²) < 4.78 is 5.13. The Balaban J connectivity index is 1.26. The zero-order valence-corrected chi connectivity index (χ0v) is 15.0. The van der Waals surface area contributed by atoms with Crippen molar-refractivity contribution in [3.8, 4) is 0 Å². The molecular formula is C16H20N6O3S. The number of anilines is 1. The number of nitrogens with zero attached hydrogens (tertiary/aromatic N) is 4. The quantitative estimate of drug-likeness (QED) is 0.816. The van der Waals surface area contributed by atoms with Crippen LogP contribution in [0.1, 0.15) is 43.2 Å². The second-order valence-electron chi connectivity index (χ2n) is 6.58. The van der Waals surface area contributed by atoms with Crippen LogP contribution in [0.5, 0.6) is 0 Å². The molecule has 10 heteroatoms. The lowest BCUT2D eigenvalue weighted by Gasteiger charge is -2.27. The number of hydrogen-bond donors (Lipinski definition) is 2. The van der Waals surface area contributed by atoms with Gasteiger partial charge >= 0.3 is 6.03 Å². The molecule has 2 aliphatic rings. The van der Waals surface area contributed by atoms with Crippen molar-refractivity contribution in [2.75, 3.05) is 18.0 Å². The molecule has 138 valence electrons. The third-order valence-corrected chi connectivity index (χ3v) is 5.70.